The first kappa shape index (κ1) is 15.4. The molecule has 2 aromatic heterocycles. The molecule has 0 aliphatic heterocycles. The topological polar surface area (TPSA) is 52.0 Å². The Morgan fingerprint density at radius 3 is 1.08 bits per heavy atom. The molecule has 0 amide bonds. The molecule has 5 rings (SSSR count). The first-order valence-electron chi connectivity index (χ1n) is 8.37. The Morgan fingerprint density at radius 2 is 0.808 bits per heavy atom. The third-order valence-corrected chi connectivity index (χ3v) is 6.54. The van der Waals surface area contributed by atoms with Gasteiger partial charge in [-0.3, -0.25) is 0 Å². The van der Waals surface area contributed by atoms with Crippen molar-refractivity contribution in [3.63, 3.8) is 0 Å². The van der Waals surface area contributed by atoms with Gasteiger partial charge in [-0.05, 0) is 45.8 Å². The number of anilines is 2. The number of hydrogen-bond acceptors (Lipinski definition) is 4. The van der Waals surface area contributed by atoms with E-state index < -0.39 is 0 Å². The van der Waals surface area contributed by atoms with Crippen LogP contribution in [0.15, 0.2) is 72.8 Å². The van der Waals surface area contributed by atoms with Crippen molar-refractivity contribution < 1.29 is 0 Å². The van der Waals surface area contributed by atoms with Crippen molar-refractivity contribution in [1.82, 2.24) is 0 Å². The molecule has 0 bridgehead atoms. The molecular formula is C22H16N2S2. The molecule has 126 valence electrons. The second kappa shape index (κ2) is 5.87. The van der Waals surface area contributed by atoms with Crippen LogP contribution in [0.4, 0.5) is 10.0 Å². The van der Waals surface area contributed by atoms with Gasteiger partial charge in [-0.2, -0.15) is 0 Å². The zero-order valence-corrected chi connectivity index (χ0v) is 15.5. The summed E-state index contributed by atoms with van der Waals surface area (Å²) in [6.45, 7) is 0. The van der Waals surface area contributed by atoms with Gasteiger partial charge in [-0.15, -0.1) is 22.7 Å². The second-order valence-electron chi connectivity index (χ2n) is 6.25. The first-order valence-corrected chi connectivity index (χ1v) is 10.0. The molecule has 0 spiro atoms. The molecule has 0 aliphatic rings. The van der Waals surface area contributed by atoms with Crippen LogP contribution in [0.2, 0.25) is 0 Å². The monoisotopic (exact) mass is 372 g/mol. The fraction of sp³-hybridized carbons (Fsp3) is 0. The van der Waals surface area contributed by atoms with Crippen molar-refractivity contribution in [3.05, 3.63) is 72.8 Å². The SMILES string of the molecule is Nc1ccc(-c2c3ccccc3c(-c3ccc(N)s3)c3ccccc23)s1. The molecule has 0 aliphatic carbocycles. The maximum absolute atomic E-state index is 6.03. The molecular weight excluding hydrogens is 356 g/mol. The highest BCUT2D eigenvalue weighted by molar-refractivity contribution is 7.19. The summed E-state index contributed by atoms with van der Waals surface area (Å²) in [7, 11) is 0. The van der Waals surface area contributed by atoms with Crippen LogP contribution in [-0.2, 0) is 0 Å². The van der Waals surface area contributed by atoms with E-state index in [1.165, 1.54) is 42.4 Å². The molecule has 26 heavy (non-hydrogen) atoms. The van der Waals surface area contributed by atoms with E-state index >= 15 is 0 Å². The summed E-state index contributed by atoms with van der Waals surface area (Å²) in [6, 6.07) is 25.4. The van der Waals surface area contributed by atoms with Gasteiger partial charge in [0, 0.05) is 20.9 Å². The predicted molar refractivity (Wildman–Crippen MR) is 117 cm³/mol. The van der Waals surface area contributed by atoms with E-state index in [1.807, 2.05) is 12.1 Å². The van der Waals surface area contributed by atoms with Crippen molar-refractivity contribution in [2.75, 3.05) is 11.5 Å². The highest BCUT2D eigenvalue weighted by Gasteiger charge is 2.17. The van der Waals surface area contributed by atoms with Gasteiger partial charge in [0.15, 0.2) is 0 Å². The number of rotatable bonds is 2. The summed E-state index contributed by atoms with van der Waals surface area (Å²) in [5.41, 5.74) is 14.6. The van der Waals surface area contributed by atoms with Gasteiger partial charge in [0.05, 0.1) is 10.0 Å². The van der Waals surface area contributed by atoms with Crippen LogP contribution in [0, 0.1) is 0 Å². The Balaban J connectivity index is 2.01. The molecule has 0 fully saturated rings. The van der Waals surface area contributed by atoms with Gasteiger partial charge in [0.1, 0.15) is 0 Å². The van der Waals surface area contributed by atoms with Gasteiger partial charge in [-0.1, -0.05) is 48.5 Å². The first-order chi connectivity index (χ1) is 12.7. The molecule has 2 nitrogen and oxygen atoms in total. The van der Waals surface area contributed by atoms with Crippen LogP contribution in [0.5, 0.6) is 0 Å². The van der Waals surface area contributed by atoms with Crippen LogP contribution in [-0.4, -0.2) is 0 Å². The van der Waals surface area contributed by atoms with Crippen molar-refractivity contribution >= 4 is 54.2 Å². The van der Waals surface area contributed by atoms with Crippen molar-refractivity contribution in [1.29, 1.82) is 0 Å². The number of hydrogen-bond donors (Lipinski definition) is 2. The van der Waals surface area contributed by atoms with E-state index in [4.69, 9.17) is 11.5 Å². The minimum Gasteiger partial charge on any atom is -0.391 e. The molecule has 3 aromatic carbocycles. The van der Waals surface area contributed by atoms with Crippen LogP contribution in [0.25, 0.3) is 42.4 Å². The fourth-order valence-electron chi connectivity index (χ4n) is 3.63. The lowest BCUT2D eigenvalue weighted by molar-refractivity contribution is 1.74. The molecule has 5 aromatic rings. The minimum atomic E-state index is 0.836. The van der Waals surface area contributed by atoms with Crippen molar-refractivity contribution in [2.45, 2.75) is 0 Å². The lowest BCUT2D eigenvalue weighted by Gasteiger charge is -2.15. The third-order valence-electron chi connectivity index (χ3n) is 4.68. The van der Waals surface area contributed by atoms with Crippen LogP contribution in [0.1, 0.15) is 0 Å². The van der Waals surface area contributed by atoms with E-state index in [1.54, 1.807) is 22.7 Å². The maximum atomic E-state index is 6.03. The Morgan fingerprint density at radius 1 is 0.462 bits per heavy atom. The molecule has 0 radical (unpaired) electrons. The van der Waals surface area contributed by atoms with E-state index in [0.717, 1.165) is 10.0 Å². The van der Waals surface area contributed by atoms with Gasteiger partial charge in [0.2, 0.25) is 0 Å². The molecule has 0 atom stereocenters. The lowest BCUT2D eigenvalue weighted by Crippen LogP contribution is -1.88. The Kier molecular flexibility index (Phi) is 3.48. The van der Waals surface area contributed by atoms with Gasteiger partial charge in [0.25, 0.3) is 0 Å². The highest BCUT2D eigenvalue weighted by Crippen LogP contribution is 2.46. The van der Waals surface area contributed by atoms with Crippen LogP contribution < -0.4 is 11.5 Å². The lowest BCUT2D eigenvalue weighted by atomic mass is 9.90. The van der Waals surface area contributed by atoms with Gasteiger partial charge < -0.3 is 11.5 Å². The maximum Gasteiger partial charge on any atom is 0.0862 e. The molecule has 4 heteroatoms. The quantitative estimate of drug-likeness (QED) is 0.342. The highest BCUT2D eigenvalue weighted by atomic mass is 32.1. The molecule has 0 saturated heterocycles. The smallest absolute Gasteiger partial charge is 0.0862 e. The number of nitrogen functional groups attached to an aromatic ring is 2. The Labute approximate surface area is 159 Å². The molecule has 4 N–H and O–H groups in total. The Bertz CT molecular complexity index is 1110. The van der Waals surface area contributed by atoms with E-state index in [9.17, 15) is 0 Å². The van der Waals surface area contributed by atoms with Gasteiger partial charge >= 0.3 is 0 Å². The zero-order valence-electron chi connectivity index (χ0n) is 13.9. The molecule has 0 unspecified atom stereocenters. The summed E-state index contributed by atoms with van der Waals surface area (Å²) in [6.07, 6.45) is 0. The number of benzene rings is 3. The van der Waals surface area contributed by atoms with Crippen molar-refractivity contribution in [2.24, 2.45) is 0 Å². The summed E-state index contributed by atoms with van der Waals surface area (Å²) in [5.74, 6) is 0. The summed E-state index contributed by atoms with van der Waals surface area (Å²) in [4.78, 5) is 2.40. The standard InChI is InChI=1S/C22H16N2S2/c23-19-11-9-17(25-19)21-13-5-1-2-6-14(13)22(18-10-12-20(24)26-18)16-8-4-3-7-15(16)21/h1-12H,23-24H2. The number of thiophene rings is 2. The normalized spacial score (nSPS) is 11.4. The van der Waals surface area contributed by atoms with E-state index in [-0.39, 0.29) is 0 Å². The largest absolute Gasteiger partial charge is 0.391 e. The average Bonchev–Trinajstić information content (AvgIpc) is 3.27. The molecule has 0 saturated carbocycles. The van der Waals surface area contributed by atoms with E-state index in [0.29, 0.717) is 0 Å². The average molecular weight is 373 g/mol. The summed E-state index contributed by atoms with van der Waals surface area (Å²) >= 11 is 3.27. The zero-order chi connectivity index (χ0) is 17.7. The van der Waals surface area contributed by atoms with Crippen LogP contribution >= 0.6 is 22.7 Å². The summed E-state index contributed by atoms with van der Waals surface area (Å²) < 4.78 is 0. The minimum absolute atomic E-state index is 0.836. The number of fused-ring (bicyclic) bond motifs is 2. The fourth-order valence-corrected chi connectivity index (χ4v) is 5.33. The second-order valence-corrected chi connectivity index (χ2v) is 8.48. The summed E-state index contributed by atoms with van der Waals surface area (Å²) in [5, 5.41) is 6.65. The van der Waals surface area contributed by atoms with Gasteiger partial charge in [-0.25, -0.2) is 0 Å². The molecule has 2 heterocycles. The van der Waals surface area contributed by atoms with E-state index in [2.05, 4.69) is 60.7 Å². The number of nitrogens with two attached hydrogens (primary N) is 2. The van der Waals surface area contributed by atoms with Crippen molar-refractivity contribution in [3.8, 4) is 20.9 Å². The predicted octanol–water partition coefficient (Wildman–Crippen LogP) is 6.61. The third kappa shape index (κ3) is 2.30. The Hall–Kier alpha value is -2.82. The van der Waals surface area contributed by atoms with Crippen LogP contribution in [0.3, 0.4) is 0 Å².